The molecule has 0 spiro atoms. The van der Waals surface area contributed by atoms with Gasteiger partial charge in [-0.25, -0.2) is 4.79 Å². The molecule has 0 atom stereocenters. The van der Waals surface area contributed by atoms with Crippen molar-refractivity contribution in [3.05, 3.63) is 29.3 Å². The highest BCUT2D eigenvalue weighted by atomic mass is 19.4. The number of rotatable bonds is 5. The molecular formula is C12H12F3NO4. The summed E-state index contributed by atoms with van der Waals surface area (Å²) in [5, 5.41) is 10.5. The lowest BCUT2D eigenvalue weighted by Crippen LogP contribution is -2.36. The highest BCUT2D eigenvalue weighted by Gasteiger charge is 2.27. The maximum absolute atomic E-state index is 11.9. The molecule has 1 aromatic rings. The molecule has 0 bridgehead atoms. The van der Waals surface area contributed by atoms with Gasteiger partial charge in [0, 0.05) is 0 Å². The van der Waals surface area contributed by atoms with Crippen molar-refractivity contribution in [1.29, 1.82) is 0 Å². The van der Waals surface area contributed by atoms with E-state index in [9.17, 15) is 22.8 Å². The number of aromatic carboxylic acids is 1. The van der Waals surface area contributed by atoms with Crippen LogP contribution < -0.4 is 10.1 Å². The number of halogens is 3. The molecule has 0 fully saturated rings. The minimum atomic E-state index is -4.51. The van der Waals surface area contributed by atoms with Gasteiger partial charge in [-0.2, -0.15) is 13.2 Å². The molecule has 8 heteroatoms. The lowest BCUT2D eigenvalue weighted by Gasteiger charge is -2.11. The number of alkyl halides is 3. The first-order valence-electron chi connectivity index (χ1n) is 5.49. The number of carboxylic acid groups (broad SMARTS) is 1. The van der Waals surface area contributed by atoms with Crippen LogP contribution in [0.2, 0.25) is 0 Å². The van der Waals surface area contributed by atoms with Crippen LogP contribution in [0.4, 0.5) is 13.2 Å². The van der Waals surface area contributed by atoms with E-state index in [1.165, 1.54) is 12.1 Å². The summed E-state index contributed by atoms with van der Waals surface area (Å²) in [5.74, 6) is -2.31. The standard InChI is InChI=1S/C12H12F3NO4/c1-7-2-3-8(11(18)19)9(4-7)20-5-10(17)16-6-12(13,14)15/h2-4H,5-6H2,1H3,(H,16,17)(H,18,19). The summed E-state index contributed by atoms with van der Waals surface area (Å²) in [6.45, 7) is -0.475. The van der Waals surface area contributed by atoms with Crippen LogP contribution in [-0.4, -0.2) is 36.3 Å². The number of hydrogen-bond donors (Lipinski definition) is 2. The number of hydrogen-bond acceptors (Lipinski definition) is 3. The predicted molar refractivity (Wildman–Crippen MR) is 62.7 cm³/mol. The van der Waals surface area contributed by atoms with Crippen molar-refractivity contribution < 1.29 is 32.6 Å². The van der Waals surface area contributed by atoms with Gasteiger partial charge in [0.15, 0.2) is 6.61 Å². The van der Waals surface area contributed by atoms with Crippen LogP contribution in [0.1, 0.15) is 15.9 Å². The molecule has 0 saturated heterocycles. The predicted octanol–water partition coefficient (Wildman–Crippen LogP) is 1.75. The third kappa shape index (κ3) is 5.17. The molecule has 0 aliphatic rings. The molecule has 0 aliphatic heterocycles. The zero-order valence-corrected chi connectivity index (χ0v) is 10.5. The number of ether oxygens (including phenoxy) is 1. The largest absolute Gasteiger partial charge is 0.483 e. The van der Waals surface area contributed by atoms with Gasteiger partial charge in [0.05, 0.1) is 0 Å². The SMILES string of the molecule is Cc1ccc(C(=O)O)c(OCC(=O)NCC(F)(F)F)c1. The summed E-state index contributed by atoms with van der Waals surface area (Å²) in [6, 6.07) is 4.22. The fourth-order valence-corrected chi connectivity index (χ4v) is 1.32. The second kappa shape index (κ2) is 6.27. The Morgan fingerprint density at radius 3 is 2.55 bits per heavy atom. The molecule has 5 nitrogen and oxygen atoms in total. The van der Waals surface area contributed by atoms with Crippen molar-refractivity contribution in [1.82, 2.24) is 5.32 Å². The van der Waals surface area contributed by atoms with E-state index in [1.54, 1.807) is 18.3 Å². The second-order valence-electron chi connectivity index (χ2n) is 3.99. The van der Waals surface area contributed by atoms with Crippen LogP contribution in [0, 0.1) is 6.92 Å². The number of amides is 1. The average molecular weight is 291 g/mol. The maximum Gasteiger partial charge on any atom is 0.405 e. The highest BCUT2D eigenvalue weighted by Crippen LogP contribution is 2.20. The van der Waals surface area contributed by atoms with Gasteiger partial charge in [-0.3, -0.25) is 4.79 Å². The Hall–Kier alpha value is -2.25. The molecule has 1 rings (SSSR count). The quantitative estimate of drug-likeness (QED) is 0.866. The number of carbonyl (C=O) groups excluding carboxylic acids is 1. The number of benzene rings is 1. The van der Waals surface area contributed by atoms with Crippen molar-refractivity contribution >= 4 is 11.9 Å². The van der Waals surface area contributed by atoms with E-state index in [2.05, 4.69) is 0 Å². The fourth-order valence-electron chi connectivity index (χ4n) is 1.32. The molecule has 2 N–H and O–H groups in total. The normalized spacial score (nSPS) is 11.0. The summed E-state index contributed by atoms with van der Waals surface area (Å²) in [7, 11) is 0. The van der Waals surface area contributed by atoms with Gasteiger partial charge in [-0.05, 0) is 24.6 Å². The number of nitrogens with one attached hydrogen (secondary N) is 1. The molecule has 1 aromatic carbocycles. The summed E-state index contributed by atoms with van der Waals surface area (Å²) >= 11 is 0. The Bertz CT molecular complexity index is 514. The van der Waals surface area contributed by atoms with E-state index in [4.69, 9.17) is 9.84 Å². The topological polar surface area (TPSA) is 75.6 Å². The Kier molecular flexibility index (Phi) is 4.95. The Balaban J connectivity index is 2.63. The van der Waals surface area contributed by atoms with Crippen molar-refractivity contribution in [3.63, 3.8) is 0 Å². The van der Waals surface area contributed by atoms with E-state index >= 15 is 0 Å². The fraction of sp³-hybridized carbons (Fsp3) is 0.333. The van der Waals surface area contributed by atoms with Crippen LogP contribution in [-0.2, 0) is 4.79 Å². The van der Waals surface area contributed by atoms with Crippen LogP contribution in [0.25, 0.3) is 0 Å². The third-order valence-corrected chi connectivity index (χ3v) is 2.21. The van der Waals surface area contributed by atoms with Crippen LogP contribution in [0.5, 0.6) is 5.75 Å². The van der Waals surface area contributed by atoms with Gasteiger partial charge in [-0.15, -0.1) is 0 Å². The van der Waals surface area contributed by atoms with Gasteiger partial charge < -0.3 is 15.2 Å². The first kappa shape index (κ1) is 15.8. The Labute approximate surface area is 112 Å². The van der Waals surface area contributed by atoms with Crippen LogP contribution in [0.15, 0.2) is 18.2 Å². The summed E-state index contributed by atoms with van der Waals surface area (Å²) in [5.41, 5.74) is 0.528. The first-order valence-corrected chi connectivity index (χ1v) is 5.49. The van der Waals surface area contributed by atoms with E-state index in [0.29, 0.717) is 5.56 Å². The highest BCUT2D eigenvalue weighted by molar-refractivity contribution is 5.91. The molecular weight excluding hydrogens is 279 g/mol. The molecule has 20 heavy (non-hydrogen) atoms. The molecule has 0 radical (unpaired) electrons. The zero-order valence-electron chi connectivity index (χ0n) is 10.5. The van der Waals surface area contributed by atoms with E-state index in [1.807, 2.05) is 0 Å². The molecule has 0 unspecified atom stereocenters. The summed E-state index contributed by atoms with van der Waals surface area (Å²) in [4.78, 5) is 22.1. The minimum Gasteiger partial charge on any atom is -0.483 e. The lowest BCUT2D eigenvalue weighted by atomic mass is 10.1. The van der Waals surface area contributed by atoms with Crippen molar-refractivity contribution in [2.45, 2.75) is 13.1 Å². The first-order chi connectivity index (χ1) is 9.19. The molecule has 0 aliphatic carbocycles. The van der Waals surface area contributed by atoms with Gasteiger partial charge >= 0.3 is 12.1 Å². The van der Waals surface area contributed by atoms with Gasteiger partial charge in [0.25, 0.3) is 5.91 Å². The zero-order chi connectivity index (χ0) is 15.3. The van der Waals surface area contributed by atoms with Gasteiger partial charge in [-0.1, -0.05) is 6.07 Å². The molecule has 1 amide bonds. The van der Waals surface area contributed by atoms with E-state index in [-0.39, 0.29) is 11.3 Å². The van der Waals surface area contributed by atoms with E-state index < -0.39 is 31.2 Å². The van der Waals surface area contributed by atoms with Gasteiger partial charge in [0.1, 0.15) is 17.9 Å². The number of carboxylic acids is 1. The van der Waals surface area contributed by atoms with Crippen LogP contribution >= 0.6 is 0 Å². The van der Waals surface area contributed by atoms with Crippen molar-refractivity contribution in [2.24, 2.45) is 0 Å². The number of carbonyl (C=O) groups is 2. The molecule has 0 aromatic heterocycles. The van der Waals surface area contributed by atoms with E-state index in [0.717, 1.165) is 0 Å². The average Bonchev–Trinajstić information content (AvgIpc) is 2.32. The van der Waals surface area contributed by atoms with Crippen molar-refractivity contribution in [3.8, 4) is 5.75 Å². The van der Waals surface area contributed by atoms with Crippen molar-refractivity contribution in [2.75, 3.05) is 13.2 Å². The molecule has 0 saturated carbocycles. The molecule has 110 valence electrons. The summed E-state index contributed by atoms with van der Waals surface area (Å²) in [6.07, 6.45) is -4.51. The Morgan fingerprint density at radius 2 is 2.00 bits per heavy atom. The Morgan fingerprint density at radius 1 is 1.35 bits per heavy atom. The molecule has 0 heterocycles. The second-order valence-corrected chi connectivity index (χ2v) is 3.99. The maximum atomic E-state index is 11.9. The lowest BCUT2D eigenvalue weighted by molar-refractivity contribution is -0.139. The monoisotopic (exact) mass is 291 g/mol. The number of aryl methyl sites for hydroxylation is 1. The third-order valence-electron chi connectivity index (χ3n) is 2.21. The summed E-state index contributed by atoms with van der Waals surface area (Å²) < 4.78 is 40.6. The van der Waals surface area contributed by atoms with Crippen LogP contribution in [0.3, 0.4) is 0 Å². The minimum absolute atomic E-state index is 0.0698. The smallest absolute Gasteiger partial charge is 0.405 e. The van der Waals surface area contributed by atoms with Gasteiger partial charge in [0.2, 0.25) is 0 Å².